The van der Waals surface area contributed by atoms with E-state index in [4.69, 9.17) is 26.0 Å². The number of primary amides is 2. The molecule has 8 nitrogen and oxygen atoms in total. The largest absolute Gasteiger partial charge is 0.481 e. The summed E-state index contributed by atoms with van der Waals surface area (Å²) in [6.45, 7) is -0.126. The number of carbonyl (C=O) groups excluding carboxylic acids is 2. The number of carboxylic acid groups (broad SMARTS) is 1. The summed E-state index contributed by atoms with van der Waals surface area (Å²) in [5.74, 6) is -1.63. The Kier molecular flexibility index (Phi) is 3.97. The Morgan fingerprint density at radius 1 is 1.10 bits per heavy atom. The van der Waals surface area contributed by atoms with Crippen LogP contribution in [0.3, 0.4) is 0 Å². The van der Waals surface area contributed by atoms with Gasteiger partial charge in [-0.1, -0.05) is 12.1 Å². The average molecular weight is 294 g/mol. The van der Waals surface area contributed by atoms with E-state index in [1.165, 1.54) is 0 Å². The van der Waals surface area contributed by atoms with E-state index in [2.05, 4.69) is 0 Å². The smallest absolute Gasteiger partial charge is 0.404 e. The molecular weight excluding hydrogens is 280 g/mol. The topological polar surface area (TPSA) is 142 Å². The van der Waals surface area contributed by atoms with Gasteiger partial charge in [0.25, 0.3) is 0 Å². The van der Waals surface area contributed by atoms with E-state index >= 15 is 0 Å². The van der Waals surface area contributed by atoms with Gasteiger partial charge in [0.15, 0.2) is 0 Å². The lowest BCUT2D eigenvalue weighted by Crippen LogP contribution is -2.29. The molecule has 1 aromatic carbocycles. The minimum absolute atomic E-state index is 0.0268. The minimum atomic E-state index is -0.962. The maximum Gasteiger partial charge on any atom is 0.404 e. The summed E-state index contributed by atoms with van der Waals surface area (Å²) in [5.41, 5.74) is 12.4. The van der Waals surface area contributed by atoms with Crippen molar-refractivity contribution in [1.82, 2.24) is 0 Å². The molecule has 0 heterocycles. The van der Waals surface area contributed by atoms with Crippen LogP contribution in [0.25, 0.3) is 0 Å². The van der Waals surface area contributed by atoms with Crippen LogP contribution in [0.15, 0.2) is 12.1 Å². The van der Waals surface area contributed by atoms with E-state index in [9.17, 15) is 14.4 Å². The molecule has 0 spiro atoms. The summed E-state index contributed by atoms with van der Waals surface area (Å²) < 4.78 is 9.42. The molecule has 0 saturated heterocycles. The zero-order valence-corrected chi connectivity index (χ0v) is 11.0. The number of rotatable bonds is 5. The van der Waals surface area contributed by atoms with Gasteiger partial charge in [-0.25, -0.2) is 9.59 Å². The number of hydrogen-bond acceptors (Lipinski definition) is 5. The van der Waals surface area contributed by atoms with Gasteiger partial charge in [-0.3, -0.25) is 4.79 Å². The monoisotopic (exact) mass is 294 g/mol. The van der Waals surface area contributed by atoms with Crippen molar-refractivity contribution in [1.29, 1.82) is 0 Å². The van der Waals surface area contributed by atoms with Crippen LogP contribution < -0.4 is 11.5 Å². The summed E-state index contributed by atoms with van der Waals surface area (Å²) in [6, 6.07) is 3.30. The van der Waals surface area contributed by atoms with Gasteiger partial charge in [0.05, 0.1) is 5.92 Å². The van der Waals surface area contributed by atoms with Crippen molar-refractivity contribution in [2.75, 3.05) is 0 Å². The number of aliphatic carboxylic acids is 1. The predicted octanol–water partition coefficient (Wildman–Crippen LogP) is 0.601. The third kappa shape index (κ3) is 3.04. The molecule has 0 radical (unpaired) electrons. The Bertz CT molecular complexity index is 613. The van der Waals surface area contributed by atoms with Crippen molar-refractivity contribution in [3.8, 4) is 0 Å². The second-order valence-corrected chi connectivity index (χ2v) is 4.59. The fourth-order valence-corrected chi connectivity index (χ4v) is 2.38. The Hall–Kier alpha value is -2.77. The zero-order valence-electron chi connectivity index (χ0n) is 11.0. The van der Waals surface area contributed by atoms with Gasteiger partial charge < -0.3 is 26.0 Å². The molecule has 5 N–H and O–H groups in total. The van der Waals surface area contributed by atoms with E-state index in [0.717, 1.165) is 5.56 Å². The highest BCUT2D eigenvalue weighted by Crippen LogP contribution is 2.40. The summed E-state index contributed by atoms with van der Waals surface area (Å²) in [5, 5.41) is 9.15. The molecular formula is C13H14N2O6. The van der Waals surface area contributed by atoms with Crippen molar-refractivity contribution >= 4 is 18.2 Å². The van der Waals surface area contributed by atoms with Crippen LogP contribution in [0.1, 0.15) is 28.2 Å². The molecule has 0 aliphatic heterocycles. The molecule has 1 aliphatic carbocycles. The molecule has 1 unspecified atom stereocenters. The lowest BCUT2D eigenvalue weighted by atomic mass is 9.73. The highest BCUT2D eigenvalue weighted by molar-refractivity contribution is 5.81. The predicted molar refractivity (Wildman–Crippen MR) is 69.3 cm³/mol. The normalized spacial score (nSPS) is 15.5. The number of fused-ring (bicyclic) bond motifs is 1. The first-order chi connectivity index (χ1) is 9.90. The second-order valence-electron chi connectivity index (χ2n) is 4.59. The fourth-order valence-electron chi connectivity index (χ4n) is 2.38. The molecule has 0 fully saturated rings. The van der Waals surface area contributed by atoms with Gasteiger partial charge >= 0.3 is 18.2 Å². The number of carboxylic acids is 1. The second kappa shape index (κ2) is 5.70. The van der Waals surface area contributed by atoms with Gasteiger partial charge in [0, 0.05) is 0 Å². The SMILES string of the molecule is NC(=O)OCc1ccc(COC(N)=O)c2c1CC2C(=O)O. The molecule has 8 heteroatoms. The number of benzene rings is 1. The van der Waals surface area contributed by atoms with E-state index in [0.29, 0.717) is 23.1 Å². The fraction of sp³-hybridized carbons (Fsp3) is 0.308. The van der Waals surface area contributed by atoms with Crippen molar-refractivity contribution < 1.29 is 29.0 Å². The molecule has 0 aromatic heterocycles. The van der Waals surface area contributed by atoms with Crippen molar-refractivity contribution in [3.05, 3.63) is 34.4 Å². The number of hydrogen-bond donors (Lipinski definition) is 3. The van der Waals surface area contributed by atoms with E-state index in [-0.39, 0.29) is 13.2 Å². The highest BCUT2D eigenvalue weighted by Gasteiger charge is 2.36. The van der Waals surface area contributed by atoms with Crippen LogP contribution in [0.2, 0.25) is 0 Å². The van der Waals surface area contributed by atoms with E-state index in [1.807, 2.05) is 0 Å². The van der Waals surface area contributed by atoms with Gasteiger partial charge in [-0.15, -0.1) is 0 Å². The maximum absolute atomic E-state index is 11.2. The number of carbonyl (C=O) groups is 3. The van der Waals surface area contributed by atoms with E-state index < -0.39 is 24.1 Å². The molecule has 112 valence electrons. The first-order valence-electron chi connectivity index (χ1n) is 6.11. The molecule has 0 saturated carbocycles. The minimum Gasteiger partial charge on any atom is -0.481 e. The van der Waals surface area contributed by atoms with Crippen molar-refractivity contribution in [3.63, 3.8) is 0 Å². The third-order valence-electron chi connectivity index (χ3n) is 3.34. The van der Waals surface area contributed by atoms with Gasteiger partial charge in [-0.05, 0) is 28.7 Å². The lowest BCUT2D eigenvalue weighted by Gasteiger charge is -2.31. The van der Waals surface area contributed by atoms with Crippen LogP contribution in [0.5, 0.6) is 0 Å². The van der Waals surface area contributed by atoms with Crippen molar-refractivity contribution in [2.45, 2.75) is 25.6 Å². The first-order valence-corrected chi connectivity index (χ1v) is 6.11. The number of ether oxygens (including phenoxy) is 2. The van der Waals surface area contributed by atoms with Crippen LogP contribution >= 0.6 is 0 Å². The highest BCUT2D eigenvalue weighted by atomic mass is 16.5. The molecule has 1 aromatic rings. The van der Waals surface area contributed by atoms with Gasteiger partial charge in [0.2, 0.25) is 0 Å². The van der Waals surface area contributed by atoms with Gasteiger partial charge in [0.1, 0.15) is 13.2 Å². The molecule has 1 aliphatic rings. The molecule has 2 rings (SSSR count). The molecule has 2 amide bonds. The Balaban J connectivity index is 2.28. The summed E-state index contributed by atoms with van der Waals surface area (Å²) in [4.78, 5) is 32.5. The van der Waals surface area contributed by atoms with Crippen LogP contribution in [-0.2, 0) is 33.9 Å². The Morgan fingerprint density at radius 3 is 2.14 bits per heavy atom. The Morgan fingerprint density at radius 2 is 1.62 bits per heavy atom. The molecule has 1 atom stereocenters. The Labute approximate surface area is 119 Å². The van der Waals surface area contributed by atoms with Crippen LogP contribution in [0, 0.1) is 0 Å². The standard InChI is InChI=1S/C13H14N2O6/c14-12(18)20-4-6-1-2-7(5-21-13(15)19)10-8(6)3-9(10)11(16)17/h1-2,9H,3-5H2,(H2,14,18)(H2,15,19)(H,16,17). The van der Waals surface area contributed by atoms with Gasteiger partial charge in [-0.2, -0.15) is 0 Å². The molecule has 0 bridgehead atoms. The summed E-state index contributed by atoms with van der Waals surface area (Å²) in [6.07, 6.45) is -1.51. The number of amides is 2. The maximum atomic E-state index is 11.2. The summed E-state index contributed by atoms with van der Waals surface area (Å²) in [7, 11) is 0. The third-order valence-corrected chi connectivity index (χ3v) is 3.34. The summed E-state index contributed by atoms with van der Waals surface area (Å²) >= 11 is 0. The van der Waals surface area contributed by atoms with Crippen LogP contribution in [-0.4, -0.2) is 23.3 Å². The quantitative estimate of drug-likeness (QED) is 0.725. The molecule has 21 heavy (non-hydrogen) atoms. The van der Waals surface area contributed by atoms with Crippen molar-refractivity contribution in [2.24, 2.45) is 11.5 Å². The van der Waals surface area contributed by atoms with Crippen LogP contribution in [0.4, 0.5) is 9.59 Å². The number of nitrogens with two attached hydrogens (primary N) is 2. The van der Waals surface area contributed by atoms with E-state index in [1.54, 1.807) is 12.1 Å². The average Bonchev–Trinajstić information content (AvgIpc) is 2.34. The zero-order chi connectivity index (χ0) is 15.6. The lowest BCUT2D eigenvalue weighted by molar-refractivity contribution is -0.139. The first kappa shape index (κ1) is 14.6.